The van der Waals surface area contributed by atoms with E-state index < -0.39 is 6.04 Å². The van der Waals surface area contributed by atoms with Crippen LogP contribution in [-0.4, -0.2) is 81.1 Å². The molecule has 218 valence electrons. The number of carbonyl (C=O) groups excluding carboxylic acids is 2. The molecule has 2 unspecified atom stereocenters. The van der Waals surface area contributed by atoms with Gasteiger partial charge in [-0.3, -0.25) is 19.1 Å². The van der Waals surface area contributed by atoms with Crippen LogP contribution in [0.4, 0.5) is 5.82 Å². The summed E-state index contributed by atoms with van der Waals surface area (Å²) in [4.78, 5) is 47.7. The summed E-state index contributed by atoms with van der Waals surface area (Å²) in [5.41, 5.74) is 1.35. The Balaban J connectivity index is 1.38. The first-order valence-corrected chi connectivity index (χ1v) is 13.7. The van der Waals surface area contributed by atoms with Crippen molar-refractivity contribution < 1.29 is 19.1 Å². The van der Waals surface area contributed by atoms with Gasteiger partial charge in [0.25, 0.3) is 5.91 Å². The summed E-state index contributed by atoms with van der Waals surface area (Å²) >= 11 is 6.40. The number of hydrogen-bond donors (Lipinski definition) is 1. The van der Waals surface area contributed by atoms with Crippen molar-refractivity contribution >= 4 is 29.2 Å². The summed E-state index contributed by atoms with van der Waals surface area (Å²) in [5, 5.41) is 3.33. The zero-order chi connectivity index (χ0) is 29.6. The first-order chi connectivity index (χ1) is 20.4. The highest BCUT2D eigenvalue weighted by molar-refractivity contribution is 6.29. The fourth-order valence-corrected chi connectivity index (χ4v) is 5.12. The van der Waals surface area contributed by atoms with E-state index in [1.165, 1.54) is 0 Å². The molecule has 2 atom stereocenters. The number of benzene rings is 1. The Morgan fingerprint density at radius 2 is 1.90 bits per heavy atom. The van der Waals surface area contributed by atoms with Crippen LogP contribution >= 0.6 is 11.6 Å². The van der Waals surface area contributed by atoms with Gasteiger partial charge in [-0.05, 0) is 36.8 Å². The quantitative estimate of drug-likeness (QED) is 0.292. The number of pyridine rings is 1. The molecule has 12 nitrogen and oxygen atoms in total. The average molecular weight is 591 g/mol. The highest BCUT2D eigenvalue weighted by atomic mass is 35.5. The molecule has 3 aromatic heterocycles. The van der Waals surface area contributed by atoms with Gasteiger partial charge in [0.15, 0.2) is 11.5 Å². The van der Waals surface area contributed by atoms with E-state index in [1.54, 1.807) is 79.1 Å². The van der Waals surface area contributed by atoms with Crippen molar-refractivity contribution in [2.75, 3.05) is 38.8 Å². The number of piperazine rings is 1. The van der Waals surface area contributed by atoms with Gasteiger partial charge < -0.3 is 24.6 Å². The maximum atomic E-state index is 13.4. The molecule has 42 heavy (non-hydrogen) atoms. The van der Waals surface area contributed by atoms with Gasteiger partial charge in [0.2, 0.25) is 11.9 Å². The number of nitrogens with zero attached hydrogens (tertiary/aromatic N) is 7. The van der Waals surface area contributed by atoms with Crippen LogP contribution in [0.25, 0.3) is 5.95 Å². The number of ether oxygens (including phenoxy) is 2. The summed E-state index contributed by atoms with van der Waals surface area (Å²) in [6.45, 7) is 3.06. The minimum Gasteiger partial charge on any atom is -0.493 e. The van der Waals surface area contributed by atoms with Crippen LogP contribution in [0.3, 0.4) is 0 Å². The molecule has 1 aliphatic heterocycles. The second kappa shape index (κ2) is 12.9. The fourth-order valence-electron chi connectivity index (χ4n) is 4.94. The highest BCUT2D eigenvalue weighted by Gasteiger charge is 2.33. The summed E-state index contributed by atoms with van der Waals surface area (Å²) in [5.74, 6) is 1.76. The predicted octanol–water partition coefficient (Wildman–Crippen LogP) is 3.33. The van der Waals surface area contributed by atoms with E-state index in [9.17, 15) is 9.59 Å². The molecule has 2 amide bonds. The van der Waals surface area contributed by atoms with Crippen molar-refractivity contribution in [2.45, 2.75) is 25.4 Å². The number of imidazole rings is 1. The number of amides is 2. The number of carbonyl (C=O) groups is 2. The molecule has 4 heterocycles. The second-order valence-corrected chi connectivity index (χ2v) is 10.2. The molecule has 13 heteroatoms. The number of aromatic nitrogens is 5. The Morgan fingerprint density at radius 3 is 2.62 bits per heavy atom. The van der Waals surface area contributed by atoms with Crippen molar-refractivity contribution in [3.05, 3.63) is 83.8 Å². The van der Waals surface area contributed by atoms with E-state index in [2.05, 4.69) is 20.3 Å². The average Bonchev–Trinajstić information content (AvgIpc) is 3.56. The number of hydrogen-bond acceptors (Lipinski definition) is 9. The van der Waals surface area contributed by atoms with Crippen LogP contribution in [0.1, 0.15) is 35.3 Å². The molecule has 0 spiro atoms. The Kier molecular flexibility index (Phi) is 8.82. The lowest BCUT2D eigenvalue weighted by Gasteiger charge is -2.42. The van der Waals surface area contributed by atoms with Crippen LogP contribution in [0.5, 0.6) is 11.5 Å². The number of methoxy groups -OCH3 is 2. The molecule has 0 bridgehead atoms. The molecule has 0 saturated carbocycles. The predicted molar refractivity (Wildman–Crippen MR) is 156 cm³/mol. The monoisotopic (exact) mass is 590 g/mol. The van der Waals surface area contributed by atoms with Crippen LogP contribution in [-0.2, 0) is 4.79 Å². The zero-order valence-corrected chi connectivity index (χ0v) is 24.2. The Labute approximate surface area is 248 Å². The smallest absolute Gasteiger partial charge is 0.255 e. The SMILES string of the molecule is COc1ccc(C(C)NC(=O)CC2CN(C(=O)c3cccnc3)CCN2c2cc(Cl)nc(-n3ccnc3)n2)cc1OC. The Morgan fingerprint density at radius 1 is 1.07 bits per heavy atom. The number of nitrogens with one attached hydrogen (secondary N) is 1. The maximum Gasteiger partial charge on any atom is 0.255 e. The van der Waals surface area contributed by atoms with Crippen LogP contribution in [0.2, 0.25) is 5.15 Å². The van der Waals surface area contributed by atoms with Crippen molar-refractivity contribution in [3.8, 4) is 17.4 Å². The lowest BCUT2D eigenvalue weighted by molar-refractivity contribution is -0.122. The molecule has 1 saturated heterocycles. The van der Waals surface area contributed by atoms with E-state index in [4.69, 9.17) is 26.1 Å². The zero-order valence-electron chi connectivity index (χ0n) is 23.5. The molecule has 0 aliphatic carbocycles. The summed E-state index contributed by atoms with van der Waals surface area (Å²) in [6.07, 6.45) is 8.21. The Hall–Kier alpha value is -4.71. The molecule has 4 aromatic rings. The molecule has 1 aromatic carbocycles. The van der Waals surface area contributed by atoms with Crippen LogP contribution in [0, 0.1) is 0 Å². The normalized spacial score (nSPS) is 15.7. The fraction of sp³-hybridized carbons (Fsp3) is 0.310. The van der Waals surface area contributed by atoms with Gasteiger partial charge in [-0.2, -0.15) is 4.98 Å². The highest BCUT2D eigenvalue weighted by Crippen LogP contribution is 2.30. The summed E-state index contributed by atoms with van der Waals surface area (Å²) in [7, 11) is 3.14. The molecule has 1 aliphatic rings. The largest absolute Gasteiger partial charge is 0.493 e. The van der Waals surface area contributed by atoms with Crippen molar-refractivity contribution in [3.63, 3.8) is 0 Å². The van der Waals surface area contributed by atoms with Crippen molar-refractivity contribution in [2.24, 2.45) is 0 Å². The number of halogens is 1. The lowest BCUT2D eigenvalue weighted by Crippen LogP contribution is -2.56. The van der Waals surface area contributed by atoms with Crippen molar-refractivity contribution in [1.29, 1.82) is 0 Å². The third kappa shape index (κ3) is 6.44. The van der Waals surface area contributed by atoms with Gasteiger partial charge in [0, 0.05) is 56.9 Å². The summed E-state index contributed by atoms with van der Waals surface area (Å²) in [6, 6.07) is 9.96. The second-order valence-electron chi connectivity index (χ2n) is 9.77. The van der Waals surface area contributed by atoms with E-state index in [0.29, 0.717) is 48.5 Å². The van der Waals surface area contributed by atoms with E-state index in [-0.39, 0.29) is 29.4 Å². The van der Waals surface area contributed by atoms with Gasteiger partial charge in [-0.15, -0.1) is 0 Å². The van der Waals surface area contributed by atoms with Crippen LogP contribution < -0.4 is 19.7 Å². The van der Waals surface area contributed by atoms with Gasteiger partial charge in [-0.25, -0.2) is 9.97 Å². The van der Waals surface area contributed by atoms with Gasteiger partial charge in [0.05, 0.1) is 31.9 Å². The van der Waals surface area contributed by atoms with Gasteiger partial charge in [-0.1, -0.05) is 17.7 Å². The standard InChI is InChI=1S/C29H31ClN8O4/c1-19(20-6-7-23(41-2)24(13-20)42-3)33-27(39)14-22-17-36(28(40)21-5-4-8-31-16-21)11-12-38(22)26-15-25(30)34-29(35-26)37-10-9-32-18-37/h4-10,13,15-16,18-19,22H,11-12,14,17H2,1-3H3,(H,33,39). The molecule has 1 N–H and O–H groups in total. The third-order valence-electron chi connectivity index (χ3n) is 7.08. The van der Waals surface area contributed by atoms with E-state index in [1.807, 2.05) is 24.0 Å². The minimum absolute atomic E-state index is 0.108. The first kappa shape index (κ1) is 28.8. The topological polar surface area (TPSA) is 128 Å². The molecular weight excluding hydrogens is 560 g/mol. The van der Waals surface area contributed by atoms with E-state index >= 15 is 0 Å². The molecule has 1 fully saturated rings. The number of anilines is 1. The Bertz CT molecular complexity index is 1540. The molecule has 5 rings (SSSR count). The first-order valence-electron chi connectivity index (χ1n) is 13.4. The van der Waals surface area contributed by atoms with Gasteiger partial charge >= 0.3 is 0 Å². The molecule has 0 radical (unpaired) electrons. The summed E-state index contributed by atoms with van der Waals surface area (Å²) < 4.78 is 12.4. The van der Waals surface area contributed by atoms with Crippen LogP contribution in [0.15, 0.2) is 67.5 Å². The van der Waals surface area contributed by atoms with E-state index in [0.717, 1.165) is 5.56 Å². The third-order valence-corrected chi connectivity index (χ3v) is 7.28. The van der Waals surface area contributed by atoms with Crippen molar-refractivity contribution in [1.82, 2.24) is 34.7 Å². The maximum absolute atomic E-state index is 13.4. The van der Waals surface area contributed by atoms with Gasteiger partial charge in [0.1, 0.15) is 17.3 Å². The molecular formula is C29H31ClN8O4. The minimum atomic E-state index is -0.390. The number of rotatable bonds is 9. The lowest BCUT2D eigenvalue weighted by atomic mass is 10.0.